The third-order valence-electron chi connectivity index (χ3n) is 3.55. The summed E-state index contributed by atoms with van der Waals surface area (Å²) < 4.78 is 6.81. The van der Waals surface area contributed by atoms with Gasteiger partial charge in [0.1, 0.15) is 0 Å². The highest BCUT2D eigenvalue weighted by molar-refractivity contribution is 5.82. The van der Waals surface area contributed by atoms with Gasteiger partial charge >= 0.3 is 5.97 Å². The smallest absolute Gasteiger partial charge is 0.333 e. The highest BCUT2D eigenvalue weighted by Gasteiger charge is 2.32. The van der Waals surface area contributed by atoms with Crippen molar-refractivity contribution in [2.45, 2.75) is 46.1 Å². The third kappa shape index (κ3) is 2.55. The van der Waals surface area contributed by atoms with E-state index in [-0.39, 0.29) is 5.97 Å². The third-order valence-corrected chi connectivity index (χ3v) is 3.55. The zero-order valence-electron chi connectivity index (χ0n) is 12.8. The highest BCUT2D eigenvalue weighted by atomic mass is 16.5. The number of carbonyl (C=O) groups is 1. The predicted molar refractivity (Wildman–Crippen MR) is 79.8 cm³/mol. The lowest BCUT2D eigenvalue weighted by atomic mass is 10.0. The lowest BCUT2D eigenvalue weighted by Gasteiger charge is -2.22. The van der Waals surface area contributed by atoms with Gasteiger partial charge < -0.3 is 4.74 Å². The minimum absolute atomic E-state index is 0.267. The van der Waals surface area contributed by atoms with E-state index in [0.717, 1.165) is 10.9 Å². The van der Waals surface area contributed by atoms with E-state index in [1.165, 1.54) is 5.56 Å². The number of aromatic nitrogens is 2. The molecule has 0 radical (unpaired) electrons. The Kier molecular flexibility index (Phi) is 3.84. The number of ether oxygens (including phenoxy) is 1. The molecule has 0 spiro atoms. The fraction of sp³-hybridized carbons (Fsp3) is 0.500. The molecule has 1 heterocycles. The first-order valence-corrected chi connectivity index (χ1v) is 7.03. The molecule has 2 aromatic rings. The normalized spacial score (nSPS) is 12.1. The lowest BCUT2D eigenvalue weighted by Crippen LogP contribution is -2.37. The number of hydrogen-bond donors (Lipinski definition) is 0. The quantitative estimate of drug-likeness (QED) is 0.802. The molecule has 0 unspecified atom stereocenters. The molecule has 0 saturated carbocycles. The van der Waals surface area contributed by atoms with Crippen molar-refractivity contribution in [2.24, 2.45) is 0 Å². The van der Waals surface area contributed by atoms with Crippen LogP contribution in [-0.4, -0.2) is 22.4 Å². The summed E-state index contributed by atoms with van der Waals surface area (Å²) >= 11 is 0. The Morgan fingerprint density at radius 1 is 1.40 bits per heavy atom. The molecule has 4 heteroatoms. The molecule has 0 saturated heterocycles. The molecule has 0 aliphatic carbocycles. The van der Waals surface area contributed by atoms with Gasteiger partial charge in [-0.05, 0) is 38.3 Å². The summed E-state index contributed by atoms with van der Waals surface area (Å²) in [7, 11) is 0. The molecule has 0 fully saturated rings. The molecule has 0 aliphatic heterocycles. The van der Waals surface area contributed by atoms with E-state index < -0.39 is 5.54 Å². The number of fused-ring (bicyclic) bond motifs is 1. The number of benzene rings is 1. The molecule has 0 atom stereocenters. The van der Waals surface area contributed by atoms with Crippen molar-refractivity contribution in [3.8, 4) is 0 Å². The molecule has 2 rings (SSSR count). The number of hydrogen-bond acceptors (Lipinski definition) is 3. The summed E-state index contributed by atoms with van der Waals surface area (Å²) in [5.41, 5.74) is 1.36. The standard InChI is InChI=1S/C16H22N2O2/c1-6-20-15(19)16(4,5)18-10-13-8-7-12(11(2)3)9-14(13)17-18/h7-11H,6H2,1-5H3. The fourth-order valence-corrected chi connectivity index (χ4v) is 2.08. The fourth-order valence-electron chi connectivity index (χ4n) is 2.08. The van der Waals surface area contributed by atoms with Gasteiger partial charge in [0.25, 0.3) is 0 Å². The van der Waals surface area contributed by atoms with Gasteiger partial charge in [-0.1, -0.05) is 26.0 Å². The monoisotopic (exact) mass is 274 g/mol. The van der Waals surface area contributed by atoms with E-state index in [1.807, 2.05) is 27.0 Å². The van der Waals surface area contributed by atoms with Crippen LogP contribution in [0.3, 0.4) is 0 Å². The number of rotatable bonds is 4. The topological polar surface area (TPSA) is 44.1 Å². The van der Waals surface area contributed by atoms with Gasteiger partial charge in [-0.3, -0.25) is 4.68 Å². The molecule has 0 bridgehead atoms. The first-order valence-electron chi connectivity index (χ1n) is 7.03. The molecule has 20 heavy (non-hydrogen) atoms. The number of nitrogens with zero attached hydrogens (tertiary/aromatic N) is 2. The van der Waals surface area contributed by atoms with Gasteiger partial charge in [-0.25, -0.2) is 4.79 Å². The molecule has 0 amide bonds. The molecule has 1 aromatic heterocycles. The van der Waals surface area contributed by atoms with E-state index in [2.05, 4.69) is 37.1 Å². The SMILES string of the molecule is CCOC(=O)C(C)(C)n1cc2ccc(C(C)C)cc2n1. The van der Waals surface area contributed by atoms with E-state index in [1.54, 1.807) is 4.68 Å². The Balaban J connectivity index is 2.43. The van der Waals surface area contributed by atoms with Crippen molar-refractivity contribution in [1.82, 2.24) is 9.78 Å². The zero-order chi connectivity index (χ0) is 14.9. The van der Waals surface area contributed by atoms with Gasteiger partial charge in [-0.2, -0.15) is 5.10 Å². The Hall–Kier alpha value is -1.84. The van der Waals surface area contributed by atoms with Gasteiger partial charge in [0, 0.05) is 11.6 Å². The summed E-state index contributed by atoms with van der Waals surface area (Å²) in [5, 5.41) is 5.58. The van der Waals surface area contributed by atoms with Crippen molar-refractivity contribution >= 4 is 16.9 Å². The van der Waals surface area contributed by atoms with Crippen LogP contribution in [0.1, 0.15) is 46.1 Å². The maximum absolute atomic E-state index is 12.0. The summed E-state index contributed by atoms with van der Waals surface area (Å²) in [6.07, 6.45) is 1.90. The van der Waals surface area contributed by atoms with Crippen LogP contribution in [0, 0.1) is 0 Å². The lowest BCUT2D eigenvalue weighted by molar-refractivity contribution is -0.152. The van der Waals surface area contributed by atoms with Crippen LogP contribution >= 0.6 is 0 Å². The number of esters is 1. The van der Waals surface area contributed by atoms with Crippen LogP contribution < -0.4 is 0 Å². The first-order chi connectivity index (χ1) is 9.36. The van der Waals surface area contributed by atoms with Crippen LogP contribution in [0.15, 0.2) is 24.4 Å². The predicted octanol–water partition coefficient (Wildman–Crippen LogP) is 3.46. The second kappa shape index (κ2) is 5.27. The largest absolute Gasteiger partial charge is 0.464 e. The minimum Gasteiger partial charge on any atom is -0.464 e. The minimum atomic E-state index is -0.799. The molecule has 4 nitrogen and oxygen atoms in total. The van der Waals surface area contributed by atoms with Crippen LogP contribution in [0.5, 0.6) is 0 Å². The van der Waals surface area contributed by atoms with Crippen molar-refractivity contribution in [3.63, 3.8) is 0 Å². The second-order valence-electron chi connectivity index (χ2n) is 5.83. The average molecular weight is 274 g/mol. The average Bonchev–Trinajstić information content (AvgIpc) is 2.82. The van der Waals surface area contributed by atoms with Gasteiger partial charge in [0.05, 0.1) is 12.1 Å². The second-order valence-corrected chi connectivity index (χ2v) is 5.83. The van der Waals surface area contributed by atoms with Gasteiger partial charge in [-0.15, -0.1) is 0 Å². The van der Waals surface area contributed by atoms with E-state index in [9.17, 15) is 4.79 Å². The maximum atomic E-state index is 12.0. The molecular formula is C16H22N2O2. The molecule has 108 valence electrons. The van der Waals surface area contributed by atoms with Crippen molar-refractivity contribution in [1.29, 1.82) is 0 Å². The van der Waals surface area contributed by atoms with Crippen molar-refractivity contribution in [2.75, 3.05) is 6.61 Å². The molecule has 0 N–H and O–H groups in total. The summed E-state index contributed by atoms with van der Waals surface area (Å²) in [4.78, 5) is 12.0. The van der Waals surface area contributed by atoms with Crippen molar-refractivity contribution < 1.29 is 9.53 Å². The zero-order valence-corrected chi connectivity index (χ0v) is 12.8. The van der Waals surface area contributed by atoms with Crippen LogP contribution in [-0.2, 0) is 15.1 Å². The van der Waals surface area contributed by atoms with Gasteiger partial charge in [0.2, 0.25) is 0 Å². The Morgan fingerprint density at radius 3 is 2.70 bits per heavy atom. The van der Waals surface area contributed by atoms with Crippen LogP contribution in [0.4, 0.5) is 0 Å². The highest BCUT2D eigenvalue weighted by Crippen LogP contribution is 2.24. The first kappa shape index (κ1) is 14.6. The van der Waals surface area contributed by atoms with E-state index in [4.69, 9.17) is 4.74 Å². The Morgan fingerprint density at radius 2 is 2.10 bits per heavy atom. The summed E-state index contributed by atoms with van der Waals surface area (Å²) in [5.74, 6) is 0.194. The van der Waals surface area contributed by atoms with Crippen LogP contribution in [0.2, 0.25) is 0 Å². The molecule has 1 aromatic carbocycles. The Labute approximate surface area is 119 Å². The Bertz CT molecular complexity index is 626. The van der Waals surface area contributed by atoms with E-state index in [0.29, 0.717) is 12.5 Å². The number of carbonyl (C=O) groups excluding carboxylic acids is 1. The van der Waals surface area contributed by atoms with Crippen LogP contribution in [0.25, 0.3) is 10.9 Å². The van der Waals surface area contributed by atoms with Gasteiger partial charge in [0.15, 0.2) is 5.54 Å². The van der Waals surface area contributed by atoms with Crippen molar-refractivity contribution in [3.05, 3.63) is 30.0 Å². The van der Waals surface area contributed by atoms with E-state index >= 15 is 0 Å². The maximum Gasteiger partial charge on any atom is 0.333 e. The molecule has 0 aliphatic rings. The summed E-state index contributed by atoms with van der Waals surface area (Å²) in [6, 6.07) is 6.24. The molecular weight excluding hydrogens is 252 g/mol. The summed E-state index contributed by atoms with van der Waals surface area (Å²) in [6.45, 7) is 10.1.